The first kappa shape index (κ1) is 23.9. The molecule has 2 fully saturated rings. The average Bonchev–Trinajstić information content (AvgIpc) is 2.86. The van der Waals surface area contributed by atoms with Crippen LogP contribution >= 0.6 is 0 Å². The third kappa shape index (κ3) is 6.60. The van der Waals surface area contributed by atoms with Crippen molar-refractivity contribution in [3.63, 3.8) is 0 Å². The van der Waals surface area contributed by atoms with E-state index in [1.54, 1.807) is 4.90 Å². The van der Waals surface area contributed by atoms with Crippen molar-refractivity contribution >= 4 is 5.91 Å². The summed E-state index contributed by atoms with van der Waals surface area (Å²) in [7, 11) is 1.46. The van der Waals surface area contributed by atoms with Gasteiger partial charge in [-0.25, -0.2) is 8.78 Å². The molecular weight excluding hydrogens is 406 g/mol. The first-order chi connectivity index (χ1) is 14.6. The van der Waals surface area contributed by atoms with Crippen LogP contribution in [0.25, 0.3) is 0 Å². The lowest BCUT2D eigenvalue weighted by molar-refractivity contribution is -0.138. The van der Waals surface area contributed by atoms with E-state index in [9.17, 15) is 18.7 Å². The van der Waals surface area contributed by atoms with Gasteiger partial charge in [0.15, 0.2) is 0 Å². The molecule has 8 heteroatoms. The number of halogens is 2. The van der Waals surface area contributed by atoms with E-state index < -0.39 is 17.2 Å². The molecule has 1 heterocycles. The van der Waals surface area contributed by atoms with Gasteiger partial charge in [-0.3, -0.25) is 9.69 Å². The highest BCUT2D eigenvalue weighted by Crippen LogP contribution is 2.37. The minimum absolute atomic E-state index is 0.0101. The third-order valence-corrected chi connectivity index (χ3v) is 6.43. The molecular formula is C23H34F2N2O4. The second kappa shape index (κ2) is 9.79. The maximum Gasteiger partial charge on any atom is 0.248 e. The summed E-state index contributed by atoms with van der Waals surface area (Å²) in [6.07, 6.45) is 4.28. The van der Waals surface area contributed by atoms with E-state index in [1.807, 2.05) is 0 Å². The molecule has 1 saturated heterocycles. The Kier molecular flexibility index (Phi) is 7.55. The Labute approximate surface area is 183 Å². The van der Waals surface area contributed by atoms with E-state index in [4.69, 9.17) is 9.47 Å². The Morgan fingerprint density at radius 2 is 1.77 bits per heavy atom. The Morgan fingerprint density at radius 1 is 1.13 bits per heavy atom. The number of benzene rings is 1. The van der Waals surface area contributed by atoms with E-state index in [0.29, 0.717) is 31.1 Å². The predicted molar refractivity (Wildman–Crippen MR) is 113 cm³/mol. The van der Waals surface area contributed by atoms with Crippen LogP contribution in [0.4, 0.5) is 8.78 Å². The van der Waals surface area contributed by atoms with Crippen LogP contribution in [0.15, 0.2) is 18.2 Å². The van der Waals surface area contributed by atoms with Crippen LogP contribution in [0.3, 0.4) is 0 Å². The van der Waals surface area contributed by atoms with Crippen LogP contribution < -0.4 is 4.74 Å². The molecule has 1 atom stereocenters. The Hall–Kier alpha value is -1.77. The van der Waals surface area contributed by atoms with Crippen molar-refractivity contribution < 1.29 is 28.2 Å². The number of ether oxygens (including phenoxy) is 2. The molecule has 3 rings (SSSR count). The van der Waals surface area contributed by atoms with Gasteiger partial charge in [-0.15, -0.1) is 0 Å². The molecule has 31 heavy (non-hydrogen) atoms. The topological polar surface area (TPSA) is 62.2 Å². The van der Waals surface area contributed by atoms with Crippen LogP contribution in [-0.2, 0) is 9.53 Å². The van der Waals surface area contributed by atoms with Crippen LogP contribution in [0.5, 0.6) is 5.75 Å². The number of hydrogen-bond donors (Lipinski definition) is 1. The van der Waals surface area contributed by atoms with Crippen LogP contribution in [-0.4, -0.2) is 79.0 Å². The number of nitrogens with zero attached hydrogens (tertiary/aromatic N) is 2. The fraction of sp³-hybridized carbons (Fsp3) is 0.696. The molecule has 1 N–H and O–H groups in total. The van der Waals surface area contributed by atoms with Gasteiger partial charge in [-0.2, -0.15) is 0 Å². The number of aliphatic hydroxyl groups is 1. The first-order valence-electron chi connectivity index (χ1n) is 10.9. The highest BCUT2D eigenvalue weighted by Gasteiger charge is 2.40. The molecule has 0 radical (unpaired) electrons. The van der Waals surface area contributed by atoms with E-state index in [0.717, 1.165) is 43.9 Å². The average molecular weight is 441 g/mol. The largest absolute Gasteiger partial charge is 0.490 e. The Morgan fingerprint density at radius 3 is 2.39 bits per heavy atom. The lowest BCUT2D eigenvalue weighted by Crippen LogP contribution is -2.54. The van der Waals surface area contributed by atoms with Gasteiger partial charge in [0.1, 0.15) is 36.2 Å². The third-order valence-electron chi connectivity index (χ3n) is 6.43. The fourth-order valence-electron chi connectivity index (χ4n) is 4.60. The van der Waals surface area contributed by atoms with Crippen molar-refractivity contribution in [3.8, 4) is 5.75 Å². The molecule has 0 aromatic heterocycles. The molecule has 174 valence electrons. The van der Waals surface area contributed by atoms with Gasteiger partial charge in [0.25, 0.3) is 0 Å². The van der Waals surface area contributed by atoms with E-state index >= 15 is 0 Å². The van der Waals surface area contributed by atoms with E-state index in [1.165, 1.54) is 7.11 Å². The van der Waals surface area contributed by atoms with Crippen molar-refractivity contribution in [1.82, 2.24) is 9.80 Å². The van der Waals surface area contributed by atoms with Crippen LogP contribution in [0.2, 0.25) is 0 Å². The number of methoxy groups -OCH3 is 1. The molecule has 1 aromatic rings. The zero-order chi connectivity index (χ0) is 22.6. The highest BCUT2D eigenvalue weighted by atomic mass is 19.1. The van der Waals surface area contributed by atoms with Crippen molar-refractivity contribution in [3.05, 3.63) is 29.8 Å². The van der Waals surface area contributed by atoms with E-state index in [-0.39, 0.29) is 31.4 Å². The van der Waals surface area contributed by atoms with Gasteiger partial charge >= 0.3 is 0 Å². The molecule has 1 aromatic carbocycles. The summed E-state index contributed by atoms with van der Waals surface area (Å²) >= 11 is 0. The number of amides is 1. The van der Waals surface area contributed by atoms with Crippen molar-refractivity contribution in [2.75, 3.05) is 46.5 Å². The Balaban J connectivity index is 1.75. The predicted octanol–water partition coefficient (Wildman–Crippen LogP) is 2.83. The van der Waals surface area contributed by atoms with Crippen molar-refractivity contribution in [2.45, 2.75) is 51.2 Å². The minimum Gasteiger partial charge on any atom is -0.490 e. The second-order valence-corrected chi connectivity index (χ2v) is 9.73. The Bertz CT molecular complexity index is 746. The highest BCUT2D eigenvalue weighted by molar-refractivity contribution is 5.77. The van der Waals surface area contributed by atoms with Gasteiger partial charge in [-0.1, -0.05) is 13.8 Å². The van der Waals surface area contributed by atoms with Crippen LogP contribution in [0, 0.1) is 17.0 Å². The number of hydrogen-bond acceptors (Lipinski definition) is 5. The van der Waals surface area contributed by atoms with Gasteiger partial charge in [-0.05, 0) is 31.1 Å². The lowest BCUT2D eigenvalue weighted by Gasteiger charge is -2.41. The number of carbonyl (C=O) groups is 1. The molecule has 1 aliphatic carbocycles. The molecule has 1 amide bonds. The summed E-state index contributed by atoms with van der Waals surface area (Å²) in [5, 5.41) is 11.5. The molecule has 6 nitrogen and oxygen atoms in total. The summed E-state index contributed by atoms with van der Waals surface area (Å²) < 4.78 is 37.6. The molecule has 0 bridgehead atoms. The molecule has 2 aliphatic rings. The normalized spacial score (nSPS) is 25.3. The number of rotatable bonds is 6. The van der Waals surface area contributed by atoms with Crippen LogP contribution in [0.1, 0.15) is 39.5 Å². The minimum atomic E-state index is -1.38. The summed E-state index contributed by atoms with van der Waals surface area (Å²) in [6, 6.07) is 3.25. The maximum absolute atomic E-state index is 13.5. The van der Waals surface area contributed by atoms with Crippen molar-refractivity contribution in [2.24, 2.45) is 5.41 Å². The summed E-state index contributed by atoms with van der Waals surface area (Å²) in [5.41, 5.74) is -1.06. The second-order valence-electron chi connectivity index (χ2n) is 9.73. The summed E-state index contributed by atoms with van der Waals surface area (Å²) in [5.74, 6) is -1.68. The smallest absolute Gasteiger partial charge is 0.248 e. The molecule has 0 spiro atoms. The molecule has 1 saturated carbocycles. The SMILES string of the molecule is COCC(=O)N1CCN(C2CCC(C)(C)CC2)C[C@@](O)(COc2cc(F)cc(F)c2)C1. The zero-order valence-electron chi connectivity index (χ0n) is 18.7. The van der Waals surface area contributed by atoms with Gasteiger partial charge in [0.2, 0.25) is 5.91 Å². The monoisotopic (exact) mass is 440 g/mol. The number of β-amino-alcohol motifs (C(OH)–C–C–N with tert-alkyl or cyclic N) is 1. The van der Waals surface area contributed by atoms with E-state index in [2.05, 4.69) is 18.7 Å². The van der Waals surface area contributed by atoms with Gasteiger partial charge in [0, 0.05) is 51.0 Å². The van der Waals surface area contributed by atoms with Gasteiger partial charge in [0.05, 0.1) is 6.54 Å². The quantitative estimate of drug-likeness (QED) is 0.737. The van der Waals surface area contributed by atoms with Crippen molar-refractivity contribution in [1.29, 1.82) is 0 Å². The summed E-state index contributed by atoms with van der Waals surface area (Å²) in [6.45, 7) is 5.84. The fourth-order valence-corrected chi connectivity index (χ4v) is 4.60. The first-order valence-corrected chi connectivity index (χ1v) is 10.9. The molecule has 0 unspecified atom stereocenters. The zero-order valence-corrected chi connectivity index (χ0v) is 18.7. The summed E-state index contributed by atoms with van der Waals surface area (Å²) in [4.78, 5) is 16.3. The molecule has 1 aliphatic heterocycles. The number of carbonyl (C=O) groups excluding carboxylic acids is 1. The maximum atomic E-state index is 13.5. The lowest BCUT2D eigenvalue weighted by atomic mass is 9.75. The van der Waals surface area contributed by atoms with Gasteiger partial charge < -0.3 is 19.5 Å². The standard InChI is InChI=1S/C23H34F2N2O4/c1-22(2)6-4-19(5-7-22)26-8-9-27(21(28)13-30-3)15-23(29,14-26)16-31-20-11-17(24)10-18(25)12-20/h10-12,19,29H,4-9,13-16H2,1-3H3/t23-/m0/s1.